The van der Waals surface area contributed by atoms with E-state index in [1.165, 1.54) is 6.07 Å². The van der Waals surface area contributed by atoms with Crippen LogP contribution in [0.25, 0.3) is 0 Å². The molecule has 1 aliphatic rings. The van der Waals surface area contributed by atoms with Crippen molar-refractivity contribution in [2.45, 2.75) is 38.6 Å². The Balaban J connectivity index is 2.34. The Morgan fingerprint density at radius 2 is 1.83 bits per heavy atom. The van der Waals surface area contributed by atoms with Crippen LogP contribution in [0.2, 0.25) is 0 Å². The van der Waals surface area contributed by atoms with Gasteiger partial charge in [-0.05, 0) is 24.8 Å². The molecule has 0 bridgehead atoms. The molecule has 1 aromatic rings. The number of benzene rings is 1. The minimum absolute atomic E-state index is 0.0388. The number of carboxylic acid groups (broad SMARTS) is 1. The van der Waals surface area contributed by atoms with Crippen LogP contribution in [0.15, 0.2) is 18.2 Å². The zero-order valence-electron chi connectivity index (χ0n) is 13.2. The van der Waals surface area contributed by atoms with Gasteiger partial charge in [0.1, 0.15) is 0 Å². The van der Waals surface area contributed by atoms with Gasteiger partial charge in [0.25, 0.3) is 11.6 Å². The van der Waals surface area contributed by atoms with Crippen LogP contribution in [-0.4, -0.2) is 39.9 Å². The predicted molar refractivity (Wildman–Crippen MR) is 83.6 cm³/mol. The molecular weight excluding hydrogens is 300 g/mol. The SMILES string of the molecule is CC1CCCCC1N(C)C(=O)c1cc(C(=O)O)cc([N+](=O)[O-])c1. The first-order valence-corrected chi connectivity index (χ1v) is 7.61. The van der Waals surface area contributed by atoms with Gasteiger partial charge in [-0.1, -0.05) is 19.8 Å². The number of carboxylic acids is 1. The number of non-ortho nitro benzene ring substituents is 1. The zero-order chi connectivity index (χ0) is 17.1. The Hall–Kier alpha value is -2.44. The Bertz CT molecular complexity index is 611. The van der Waals surface area contributed by atoms with Gasteiger partial charge in [0, 0.05) is 30.8 Å². The van der Waals surface area contributed by atoms with Crippen molar-refractivity contribution in [3.8, 4) is 0 Å². The van der Waals surface area contributed by atoms with E-state index in [0.29, 0.717) is 5.92 Å². The fourth-order valence-electron chi connectivity index (χ4n) is 3.19. The number of amides is 1. The Kier molecular flexibility index (Phi) is 4.98. The Labute approximate surface area is 134 Å². The van der Waals surface area contributed by atoms with Crippen molar-refractivity contribution >= 4 is 17.6 Å². The van der Waals surface area contributed by atoms with Gasteiger partial charge in [-0.15, -0.1) is 0 Å². The first-order chi connectivity index (χ1) is 10.8. The van der Waals surface area contributed by atoms with Gasteiger partial charge in [0.15, 0.2) is 0 Å². The fraction of sp³-hybridized carbons (Fsp3) is 0.500. The van der Waals surface area contributed by atoms with Gasteiger partial charge < -0.3 is 10.0 Å². The highest BCUT2D eigenvalue weighted by Crippen LogP contribution is 2.29. The summed E-state index contributed by atoms with van der Waals surface area (Å²) in [6.07, 6.45) is 4.11. The van der Waals surface area contributed by atoms with Crippen molar-refractivity contribution in [2.24, 2.45) is 5.92 Å². The van der Waals surface area contributed by atoms with Crippen LogP contribution in [-0.2, 0) is 0 Å². The highest BCUT2D eigenvalue weighted by molar-refractivity contribution is 5.98. The quantitative estimate of drug-likeness (QED) is 0.679. The Morgan fingerprint density at radius 3 is 2.39 bits per heavy atom. The monoisotopic (exact) mass is 320 g/mol. The summed E-state index contributed by atoms with van der Waals surface area (Å²) in [6, 6.07) is 3.37. The van der Waals surface area contributed by atoms with Crippen molar-refractivity contribution < 1.29 is 19.6 Å². The fourth-order valence-corrected chi connectivity index (χ4v) is 3.19. The number of nitrogens with zero attached hydrogens (tertiary/aromatic N) is 2. The maximum Gasteiger partial charge on any atom is 0.335 e. The highest BCUT2D eigenvalue weighted by atomic mass is 16.6. The molecule has 0 aromatic heterocycles. The lowest BCUT2D eigenvalue weighted by atomic mass is 9.85. The van der Waals surface area contributed by atoms with E-state index in [4.69, 9.17) is 5.11 Å². The molecule has 7 heteroatoms. The second-order valence-electron chi connectivity index (χ2n) is 6.08. The van der Waals surface area contributed by atoms with E-state index in [1.807, 2.05) is 0 Å². The molecule has 1 aromatic carbocycles. The van der Waals surface area contributed by atoms with Crippen molar-refractivity contribution in [1.82, 2.24) is 4.90 Å². The number of rotatable bonds is 4. The van der Waals surface area contributed by atoms with E-state index >= 15 is 0 Å². The predicted octanol–water partition coefficient (Wildman–Crippen LogP) is 2.94. The van der Waals surface area contributed by atoms with Gasteiger partial charge in [-0.25, -0.2) is 4.79 Å². The molecule has 0 spiro atoms. The number of aromatic carboxylic acids is 1. The molecule has 124 valence electrons. The lowest BCUT2D eigenvalue weighted by Gasteiger charge is -2.36. The van der Waals surface area contributed by atoms with Crippen molar-refractivity contribution in [3.05, 3.63) is 39.4 Å². The molecule has 0 aliphatic heterocycles. The number of nitro benzene ring substituents is 1. The minimum Gasteiger partial charge on any atom is -0.478 e. The minimum atomic E-state index is -1.29. The van der Waals surface area contributed by atoms with Crippen LogP contribution in [0, 0.1) is 16.0 Å². The van der Waals surface area contributed by atoms with Crippen molar-refractivity contribution in [2.75, 3.05) is 7.05 Å². The molecule has 2 unspecified atom stereocenters. The molecule has 0 radical (unpaired) electrons. The summed E-state index contributed by atoms with van der Waals surface area (Å²) < 4.78 is 0. The summed E-state index contributed by atoms with van der Waals surface area (Å²) in [6.45, 7) is 2.09. The summed E-state index contributed by atoms with van der Waals surface area (Å²) >= 11 is 0. The molecule has 0 saturated heterocycles. The van der Waals surface area contributed by atoms with Crippen molar-refractivity contribution in [1.29, 1.82) is 0 Å². The Morgan fingerprint density at radius 1 is 1.22 bits per heavy atom. The second-order valence-corrected chi connectivity index (χ2v) is 6.08. The maximum atomic E-state index is 12.6. The summed E-state index contributed by atoms with van der Waals surface area (Å²) in [4.78, 5) is 35.6. The molecule has 0 heterocycles. The number of hydrogen-bond donors (Lipinski definition) is 1. The van der Waals surface area contributed by atoms with Gasteiger partial charge in [0.05, 0.1) is 10.5 Å². The smallest absolute Gasteiger partial charge is 0.335 e. The van der Waals surface area contributed by atoms with E-state index in [1.54, 1.807) is 11.9 Å². The number of carbonyl (C=O) groups excluding carboxylic acids is 1. The van der Waals surface area contributed by atoms with Crippen LogP contribution in [0.5, 0.6) is 0 Å². The van der Waals surface area contributed by atoms with Gasteiger partial charge in [-0.3, -0.25) is 14.9 Å². The third kappa shape index (κ3) is 3.67. The van der Waals surface area contributed by atoms with Crippen LogP contribution >= 0.6 is 0 Å². The first-order valence-electron chi connectivity index (χ1n) is 7.61. The molecular formula is C16H20N2O5. The third-order valence-electron chi connectivity index (χ3n) is 4.51. The summed E-state index contributed by atoms with van der Waals surface area (Å²) in [5.74, 6) is -1.32. The molecule has 2 rings (SSSR count). The molecule has 1 fully saturated rings. The number of hydrogen-bond acceptors (Lipinski definition) is 4. The lowest BCUT2D eigenvalue weighted by molar-refractivity contribution is -0.384. The second kappa shape index (κ2) is 6.76. The maximum absolute atomic E-state index is 12.6. The highest BCUT2D eigenvalue weighted by Gasteiger charge is 2.29. The summed E-state index contributed by atoms with van der Waals surface area (Å²) in [7, 11) is 1.67. The molecule has 2 atom stereocenters. The summed E-state index contributed by atoms with van der Waals surface area (Å²) in [5.41, 5.74) is -0.608. The number of carbonyl (C=O) groups is 2. The van der Waals surface area contributed by atoms with Gasteiger partial charge in [0.2, 0.25) is 0 Å². The van der Waals surface area contributed by atoms with Gasteiger partial charge in [-0.2, -0.15) is 0 Å². The molecule has 1 N–H and O–H groups in total. The van der Waals surface area contributed by atoms with Crippen molar-refractivity contribution in [3.63, 3.8) is 0 Å². The largest absolute Gasteiger partial charge is 0.478 e. The molecule has 23 heavy (non-hydrogen) atoms. The summed E-state index contributed by atoms with van der Waals surface area (Å²) in [5, 5.41) is 20.0. The standard InChI is InChI=1S/C16H20N2O5/c1-10-5-3-4-6-14(10)17(2)15(19)11-7-12(16(20)21)9-13(8-11)18(22)23/h7-10,14H,3-6H2,1-2H3,(H,20,21). The van der Waals surface area contributed by atoms with Crippen LogP contribution < -0.4 is 0 Å². The zero-order valence-corrected chi connectivity index (χ0v) is 13.2. The number of nitro groups is 1. The van der Waals surface area contributed by atoms with Crippen LogP contribution in [0.3, 0.4) is 0 Å². The normalized spacial score (nSPS) is 20.8. The lowest BCUT2D eigenvalue weighted by Crippen LogP contribution is -2.42. The van der Waals surface area contributed by atoms with Crippen LogP contribution in [0.4, 0.5) is 5.69 Å². The first kappa shape index (κ1) is 16.9. The topological polar surface area (TPSA) is 101 Å². The molecule has 1 aliphatic carbocycles. The molecule has 1 amide bonds. The van der Waals surface area contributed by atoms with E-state index in [9.17, 15) is 19.7 Å². The molecule has 7 nitrogen and oxygen atoms in total. The molecule has 1 saturated carbocycles. The average Bonchev–Trinajstić information content (AvgIpc) is 2.53. The average molecular weight is 320 g/mol. The van der Waals surface area contributed by atoms with E-state index in [0.717, 1.165) is 37.8 Å². The van der Waals surface area contributed by atoms with E-state index < -0.39 is 16.6 Å². The van der Waals surface area contributed by atoms with E-state index in [-0.39, 0.29) is 23.1 Å². The third-order valence-corrected chi connectivity index (χ3v) is 4.51. The van der Waals surface area contributed by atoms with Crippen LogP contribution in [0.1, 0.15) is 53.3 Å². The van der Waals surface area contributed by atoms with E-state index in [2.05, 4.69) is 6.92 Å². The van der Waals surface area contributed by atoms with Gasteiger partial charge >= 0.3 is 5.97 Å².